The highest BCUT2D eigenvalue weighted by Gasteiger charge is 2.08. The standard InChI is InChI=1S/C14H15ClFN3/c1-2-10(17)8-11-5-6-18-14(19-11)9-3-4-13(16)12(15)7-9/h3-7,10H,2,8,17H2,1H3. The maximum absolute atomic E-state index is 13.1. The Bertz CT molecular complexity index is 574. The summed E-state index contributed by atoms with van der Waals surface area (Å²) in [6.45, 7) is 2.03. The topological polar surface area (TPSA) is 51.8 Å². The van der Waals surface area contributed by atoms with Gasteiger partial charge in [-0.2, -0.15) is 0 Å². The Morgan fingerprint density at radius 2 is 2.16 bits per heavy atom. The SMILES string of the molecule is CCC(N)Cc1ccnc(-c2ccc(F)c(Cl)c2)n1. The first-order chi connectivity index (χ1) is 9.10. The van der Waals surface area contributed by atoms with Crippen LogP contribution in [0.3, 0.4) is 0 Å². The molecule has 0 aliphatic rings. The van der Waals surface area contributed by atoms with E-state index in [9.17, 15) is 4.39 Å². The molecule has 0 amide bonds. The van der Waals surface area contributed by atoms with Crippen LogP contribution in [0.15, 0.2) is 30.5 Å². The summed E-state index contributed by atoms with van der Waals surface area (Å²) in [6.07, 6.45) is 3.26. The van der Waals surface area contributed by atoms with E-state index in [1.165, 1.54) is 12.1 Å². The van der Waals surface area contributed by atoms with Crippen molar-refractivity contribution in [2.45, 2.75) is 25.8 Å². The van der Waals surface area contributed by atoms with Crippen LogP contribution in [0.1, 0.15) is 19.0 Å². The average Bonchev–Trinajstić information content (AvgIpc) is 2.42. The molecule has 0 saturated carbocycles. The van der Waals surface area contributed by atoms with Gasteiger partial charge in [0.15, 0.2) is 5.82 Å². The molecule has 0 fully saturated rings. The highest BCUT2D eigenvalue weighted by atomic mass is 35.5. The monoisotopic (exact) mass is 279 g/mol. The molecule has 100 valence electrons. The van der Waals surface area contributed by atoms with Crippen molar-refractivity contribution in [3.63, 3.8) is 0 Å². The molecule has 0 bridgehead atoms. The third-order valence-corrected chi connectivity index (χ3v) is 3.18. The Kier molecular flexibility index (Phi) is 4.45. The van der Waals surface area contributed by atoms with Crippen molar-refractivity contribution in [3.05, 3.63) is 47.0 Å². The van der Waals surface area contributed by atoms with Crippen molar-refractivity contribution in [2.24, 2.45) is 5.73 Å². The van der Waals surface area contributed by atoms with Crippen LogP contribution in [0.25, 0.3) is 11.4 Å². The van der Waals surface area contributed by atoms with Crippen LogP contribution in [-0.4, -0.2) is 16.0 Å². The Hall–Kier alpha value is -1.52. The Morgan fingerprint density at radius 1 is 1.37 bits per heavy atom. The van der Waals surface area contributed by atoms with Gasteiger partial charge in [-0.3, -0.25) is 0 Å². The summed E-state index contributed by atoms with van der Waals surface area (Å²) >= 11 is 5.76. The number of benzene rings is 1. The molecule has 0 saturated heterocycles. The Labute approximate surface area is 116 Å². The van der Waals surface area contributed by atoms with Crippen LogP contribution < -0.4 is 5.73 Å². The number of nitrogens with zero attached hydrogens (tertiary/aromatic N) is 2. The van der Waals surface area contributed by atoms with Gasteiger partial charge in [0, 0.05) is 29.9 Å². The van der Waals surface area contributed by atoms with Gasteiger partial charge in [0.05, 0.1) is 5.02 Å². The molecule has 0 spiro atoms. The third kappa shape index (κ3) is 3.49. The van der Waals surface area contributed by atoms with Crippen molar-refractivity contribution in [1.82, 2.24) is 9.97 Å². The molecule has 1 heterocycles. The fourth-order valence-corrected chi connectivity index (χ4v) is 1.88. The van der Waals surface area contributed by atoms with Crippen molar-refractivity contribution in [3.8, 4) is 11.4 Å². The lowest BCUT2D eigenvalue weighted by molar-refractivity contribution is 0.628. The lowest BCUT2D eigenvalue weighted by Crippen LogP contribution is -2.22. The fraction of sp³-hybridized carbons (Fsp3) is 0.286. The Balaban J connectivity index is 2.29. The van der Waals surface area contributed by atoms with Crippen molar-refractivity contribution >= 4 is 11.6 Å². The molecule has 1 aromatic heterocycles. The van der Waals surface area contributed by atoms with Crippen LogP contribution in [0.4, 0.5) is 4.39 Å². The number of hydrogen-bond acceptors (Lipinski definition) is 3. The molecule has 0 aliphatic heterocycles. The Morgan fingerprint density at radius 3 is 2.84 bits per heavy atom. The maximum Gasteiger partial charge on any atom is 0.159 e. The molecule has 19 heavy (non-hydrogen) atoms. The van der Waals surface area contributed by atoms with Crippen LogP contribution in [0.2, 0.25) is 5.02 Å². The first-order valence-corrected chi connectivity index (χ1v) is 6.51. The van der Waals surface area contributed by atoms with Gasteiger partial charge >= 0.3 is 0 Å². The summed E-state index contributed by atoms with van der Waals surface area (Å²) < 4.78 is 13.1. The highest BCUT2D eigenvalue weighted by Crippen LogP contribution is 2.22. The number of hydrogen-bond donors (Lipinski definition) is 1. The molecule has 2 rings (SSSR count). The predicted molar refractivity (Wildman–Crippen MR) is 74.4 cm³/mol. The zero-order valence-corrected chi connectivity index (χ0v) is 11.4. The summed E-state index contributed by atoms with van der Waals surface area (Å²) in [5.74, 6) is 0.0808. The van der Waals surface area contributed by atoms with E-state index in [2.05, 4.69) is 9.97 Å². The zero-order valence-electron chi connectivity index (χ0n) is 10.6. The molecule has 1 aromatic carbocycles. The molecule has 2 N–H and O–H groups in total. The summed E-state index contributed by atoms with van der Waals surface area (Å²) in [5.41, 5.74) is 7.47. The van der Waals surface area contributed by atoms with Gasteiger partial charge in [-0.15, -0.1) is 0 Å². The molecular weight excluding hydrogens is 265 g/mol. The normalized spacial score (nSPS) is 12.4. The smallest absolute Gasteiger partial charge is 0.159 e. The van der Waals surface area contributed by atoms with Crippen molar-refractivity contribution < 1.29 is 4.39 Å². The first kappa shape index (κ1) is 13.9. The summed E-state index contributed by atoms with van der Waals surface area (Å²) in [7, 11) is 0. The summed E-state index contributed by atoms with van der Waals surface area (Å²) in [4.78, 5) is 8.61. The summed E-state index contributed by atoms with van der Waals surface area (Å²) in [6, 6.07) is 6.37. The van der Waals surface area contributed by atoms with Gasteiger partial charge in [-0.25, -0.2) is 14.4 Å². The van der Waals surface area contributed by atoms with E-state index in [4.69, 9.17) is 17.3 Å². The quantitative estimate of drug-likeness (QED) is 0.935. The number of rotatable bonds is 4. The van der Waals surface area contributed by atoms with E-state index in [1.807, 2.05) is 13.0 Å². The molecule has 2 aromatic rings. The van der Waals surface area contributed by atoms with E-state index in [1.54, 1.807) is 12.3 Å². The first-order valence-electron chi connectivity index (χ1n) is 6.13. The van der Waals surface area contributed by atoms with Crippen molar-refractivity contribution in [2.75, 3.05) is 0 Å². The number of nitrogens with two attached hydrogens (primary N) is 1. The number of aromatic nitrogens is 2. The van der Waals surface area contributed by atoms with Gasteiger partial charge < -0.3 is 5.73 Å². The molecule has 3 nitrogen and oxygen atoms in total. The molecular formula is C14H15ClFN3. The van der Waals surface area contributed by atoms with Crippen LogP contribution in [0, 0.1) is 5.82 Å². The van der Waals surface area contributed by atoms with Gasteiger partial charge in [-0.05, 0) is 30.7 Å². The molecule has 0 aliphatic carbocycles. The van der Waals surface area contributed by atoms with E-state index < -0.39 is 5.82 Å². The lowest BCUT2D eigenvalue weighted by Gasteiger charge is -2.09. The molecule has 1 unspecified atom stereocenters. The second-order valence-electron chi connectivity index (χ2n) is 4.37. The van der Waals surface area contributed by atoms with E-state index in [-0.39, 0.29) is 11.1 Å². The zero-order chi connectivity index (χ0) is 13.8. The maximum atomic E-state index is 13.1. The van der Waals surface area contributed by atoms with Gasteiger partial charge in [0.2, 0.25) is 0 Å². The molecule has 1 atom stereocenters. The summed E-state index contributed by atoms with van der Waals surface area (Å²) in [5, 5.41) is 0.0664. The van der Waals surface area contributed by atoms with Crippen molar-refractivity contribution in [1.29, 1.82) is 0 Å². The minimum absolute atomic E-state index is 0.0664. The lowest BCUT2D eigenvalue weighted by atomic mass is 10.1. The second-order valence-corrected chi connectivity index (χ2v) is 4.78. The molecule has 0 radical (unpaired) electrons. The van der Waals surface area contributed by atoms with Crippen LogP contribution in [-0.2, 0) is 6.42 Å². The van der Waals surface area contributed by atoms with E-state index in [0.29, 0.717) is 17.8 Å². The van der Waals surface area contributed by atoms with Crippen LogP contribution >= 0.6 is 11.6 Å². The largest absolute Gasteiger partial charge is 0.327 e. The predicted octanol–water partition coefficient (Wildman–Crippen LogP) is 3.22. The fourth-order valence-electron chi connectivity index (χ4n) is 1.70. The highest BCUT2D eigenvalue weighted by molar-refractivity contribution is 6.31. The van der Waals surface area contributed by atoms with E-state index in [0.717, 1.165) is 12.1 Å². The van der Waals surface area contributed by atoms with Gasteiger partial charge in [-0.1, -0.05) is 18.5 Å². The van der Waals surface area contributed by atoms with Crippen LogP contribution in [0.5, 0.6) is 0 Å². The van der Waals surface area contributed by atoms with E-state index >= 15 is 0 Å². The molecule has 5 heteroatoms. The van der Waals surface area contributed by atoms with Gasteiger partial charge in [0.1, 0.15) is 5.82 Å². The minimum atomic E-state index is -0.449. The third-order valence-electron chi connectivity index (χ3n) is 2.89. The number of halogens is 2. The average molecular weight is 280 g/mol. The second kappa shape index (κ2) is 6.08. The van der Waals surface area contributed by atoms with Gasteiger partial charge in [0.25, 0.3) is 0 Å². The minimum Gasteiger partial charge on any atom is -0.327 e.